The maximum Gasteiger partial charge on any atom is 0.327 e. The molecule has 0 bridgehead atoms. The van der Waals surface area contributed by atoms with Crippen LogP contribution in [0.25, 0.3) is 0 Å². The van der Waals surface area contributed by atoms with Crippen molar-refractivity contribution in [1.82, 2.24) is 10.2 Å². The molecule has 2 heterocycles. The molecule has 0 aromatic heterocycles. The van der Waals surface area contributed by atoms with Crippen molar-refractivity contribution in [2.75, 3.05) is 0 Å². The monoisotopic (exact) mass is 312 g/mol. The van der Waals surface area contributed by atoms with Crippen molar-refractivity contribution in [3.63, 3.8) is 0 Å². The number of carbonyl (C=O) groups is 3. The van der Waals surface area contributed by atoms with Gasteiger partial charge in [-0.2, -0.15) is 0 Å². The predicted molar refractivity (Wildman–Crippen MR) is 79.7 cm³/mol. The molecule has 2 N–H and O–H groups in total. The fraction of sp³-hybridized carbons (Fsp3) is 0.643. The van der Waals surface area contributed by atoms with Crippen molar-refractivity contribution in [3.05, 3.63) is 12.2 Å². The van der Waals surface area contributed by atoms with Crippen LogP contribution >= 0.6 is 11.8 Å². The van der Waals surface area contributed by atoms with Gasteiger partial charge in [-0.15, -0.1) is 11.8 Å². The summed E-state index contributed by atoms with van der Waals surface area (Å²) in [5.41, 5.74) is 0. The lowest BCUT2D eigenvalue weighted by Crippen LogP contribution is -2.70. The normalized spacial score (nSPS) is 30.1. The van der Waals surface area contributed by atoms with Gasteiger partial charge >= 0.3 is 5.97 Å². The summed E-state index contributed by atoms with van der Waals surface area (Å²) >= 11 is 1.43. The van der Waals surface area contributed by atoms with Crippen LogP contribution in [0.15, 0.2) is 12.2 Å². The van der Waals surface area contributed by atoms with Crippen molar-refractivity contribution in [3.8, 4) is 0 Å². The number of fused-ring (bicyclic) bond motifs is 1. The number of rotatable bonds is 5. The van der Waals surface area contributed by atoms with Crippen molar-refractivity contribution in [2.45, 2.75) is 55.8 Å². The van der Waals surface area contributed by atoms with Crippen LogP contribution in [-0.2, 0) is 14.4 Å². The highest BCUT2D eigenvalue weighted by Gasteiger charge is 2.64. The number of carboxylic acid groups (broad SMARTS) is 1. The minimum atomic E-state index is -1.00. The first-order valence-corrected chi connectivity index (χ1v) is 7.84. The highest BCUT2D eigenvalue weighted by atomic mass is 32.2. The van der Waals surface area contributed by atoms with E-state index >= 15 is 0 Å². The Morgan fingerprint density at radius 1 is 1.43 bits per heavy atom. The molecule has 6 nitrogen and oxygen atoms in total. The van der Waals surface area contributed by atoms with Crippen LogP contribution in [0, 0.1) is 0 Å². The Hall–Kier alpha value is -1.50. The van der Waals surface area contributed by atoms with Crippen molar-refractivity contribution in [2.24, 2.45) is 0 Å². The average molecular weight is 312 g/mol. The van der Waals surface area contributed by atoms with E-state index in [4.69, 9.17) is 0 Å². The Balaban J connectivity index is 2.01. The number of aliphatic carboxylic acids is 1. The van der Waals surface area contributed by atoms with Crippen LogP contribution in [0.3, 0.4) is 0 Å². The Kier molecular flexibility index (Phi) is 4.32. The number of amides is 2. The van der Waals surface area contributed by atoms with E-state index in [0.29, 0.717) is 0 Å². The van der Waals surface area contributed by atoms with Crippen LogP contribution in [0.2, 0.25) is 0 Å². The maximum absolute atomic E-state index is 12.1. The van der Waals surface area contributed by atoms with Crippen LogP contribution in [0.4, 0.5) is 0 Å². The molecule has 0 aliphatic carbocycles. The Labute approximate surface area is 127 Å². The molecule has 2 amide bonds. The van der Waals surface area contributed by atoms with E-state index in [1.807, 2.05) is 26.8 Å². The van der Waals surface area contributed by atoms with Gasteiger partial charge in [0.05, 0.1) is 0 Å². The molecule has 7 heteroatoms. The molecular formula is C14H20N2O4S. The van der Waals surface area contributed by atoms with Gasteiger partial charge in [0.1, 0.15) is 17.5 Å². The van der Waals surface area contributed by atoms with E-state index in [0.717, 1.165) is 6.42 Å². The minimum Gasteiger partial charge on any atom is -0.480 e. The van der Waals surface area contributed by atoms with Gasteiger partial charge in [0.25, 0.3) is 0 Å². The summed E-state index contributed by atoms with van der Waals surface area (Å²) < 4.78 is -0.562. The molecule has 0 unspecified atom stereocenters. The topological polar surface area (TPSA) is 86.7 Å². The molecule has 2 fully saturated rings. The van der Waals surface area contributed by atoms with E-state index in [-0.39, 0.29) is 23.6 Å². The summed E-state index contributed by atoms with van der Waals surface area (Å²) in [5.74, 6) is -1.52. The van der Waals surface area contributed by atoms with Gasteiger partial charge < -0.3 is 15.3 Å². The number of hydrogen-bond donors (Lipinski definition) is 2. The lowest BCUT2D eigenvalue weighted by molar-refractivity contribution is -0.161. The number of nitrogens with zero attached hydrogens (tertiary/aromatic N) is 1. The van der Waals surface area contributed by atoms with Gasteiger partial charge in [0, 0.05) is 11.2 Å². The van der Waals surface area contributed by atoms with Crippen molar-refractivity contribution in [1.29, 1.82) is 0 Å². The molecule has 2 saturated heterocycles. The fourth-order valence-electron chi connectivity index (χ4n) is 2.73. The molecule has 21 heavy (non-hydrogen) atoms. The van der Waals surface area contributed by atoms with E-state index in [9.17, 15) is 19.5 Å². The van der Waals surface area contributed by atoms with Gasteiger partial charge in [0.15, 0.2) is 0 Å². The molecule has 0 aromatic rings. The van der Waals surface area contributed by atoms with Crippen LogP contribution in [0.1, 0.15) is 33.6 Å². The number of thioether (sulfide) groups is 1. The summed E-state index contributed by atoms with van der Waals surface area (Å²) in [6, 6.07) is -1.45. The molecule has 116 valence electrons. The number of nitrogens with one attached hydrogen (secondary N) is 1. The van der Waals surface area contributed by atoms with Crippen LogP contribution in [0.5, 0.6) is 0 Å². The smallest absolute Gasteiger partial charge is 0.327 e. The number of carbonyl (C=O) groups excluding carboxylic acids is 2. The third kappa shape index (κ3) is 2.79. The largest absolute Gasteiger partial charge is 0.480 e. The molecule has 0 radical (unpaired) electrons. The molecule has 2 aliphatic rings. The van der Waals surface area contributed by atoms with E-state index in [1.165, 1.54) is 16.7 Å². The molecule has 0 spiro atoms. The van der Waals surface area contributed by atoms with Crippen molar-refractivity contribution < 1.29 is 19.5 Å². The fourth-order valence-corrected chi connectivity index (χ4v) is 4.36. The Morgan fingerprint density at radius 3 is 2.67 bits per heavy atom. The number of hydrogen-bond acceptors (Lipinski definition) is 4. The summed E-state index contributed by atoms with van der Waals surface area (Å²) in [6.07, 6.45) is 4.75. The van der Waals surface area contributed by atoms with Gasteiger partial charge in [-0.1, -0.05) is 19.1 Å². The van der Waals surface area contributed by atoms with E-state index in [2.05, 4.69) is 5.32 Å². The number of β-lactam (4-membered cyclic amide) rings is 1. The number of carboxylic acids is 1. The molecule has 2 aliphatic heterocycles. The summed E-state index contributed by atoms with van der Waals surface area (Å²) in [6.45, 7) is 5.60. The zero-order chi connectivity index (χ0) is 15.8. The summed E-state index contributed by atoms with van der Waals surface area (Å²) in [4.78, 5) is 36.6. The second kappa shape index (κ2) is 5.71. The van der Waals surface area contributed by atoms with Gasteiger partial charge in [-0.25, -0.2) is 4.79 Å². The van der Waals surface area contributed by atoms with E-state index < -0.39 is 22.8 Å². The first-order chi connectivity index (χ1) is 9.79. The Bertz CT molecular complexity index is 503. The molecule has 2 rings (SSSR count). The van der Waals surface area contributed by atoms with Crippen LogP contribution < -0.4 is 5.32 Å². The van der Waals surface area contributed by atoms with Gasteiger partial charge in [-0.3, -0.25) is 9.59 Å². The standard InChI is InChI=1S/C14H20N2O4S/c1-4-5-6-7-8(17)15-9-11(18)16-10(13(19)20)14(2,3)21-12(9)16/h5-6,9-10,12H,4,7H2,1-3H3,(H,15,17)(H,19,20)/b6-5+/t9-,10+,12-/m1/s1. The predicted octanol–water partition coefficient (Wildman–Crippen LogP) is 0.974. The molecule has 3 atom stereocenters. The van der Waals surface area contributed by atoms with E-state index in [1.54, 1.807) is 6.08 Å². The quantitative estimate of drug-likeness (QED) is 0.583. The highest BCUT2D eigenvalue weighted by Crippen LogP contribution is 2.50. The summed E-state index contributed by atoms with van der Waals surface area (Å²) in [7, 11) is 0. The molecular weight excluding hydrogens is 292 g/mol. The second-order valence-corrected chi connectivity index (χ2v) is 7.50. The molecule has 0 saturated carbocycles. The third-order valence-corrected chi connectivity index (χ3v) is 5.27. The zero-order valence-electron chi connectivity index (χ0n) is 12.3. The zero-order valence-corrected chi connectivity index (χ0v) is 13.1. The lowest BCUT2D eigenvalue weighted by atomic mass is 9.96. The highest BCUT2D eigenvalue weighted by molar-refractivity contribution is 8.01. The van der Waals surface area contributed by atoms with Gasteiger partial charge in [-0.05, 0) is 20.3 Å². The minimum absolute atomic E-state index is 0.213. The first-order valence-electron chi connectivity index (χ1n) is 6.96. The molecule has 0 aromatic carbocycles. The first kappa shape index (κ1) is 15.9. The SMILES string of the molecule is CC/C=C/CC(=O)N[C@@H]1C(=O)N2[C@@H]1SC(C)(C)[C@@H]2C(=O)O. The lowest BCUT2D eigenvalue weighted by Gasteiger charge is -2.43. The average Bonchev–Trinajstić information content (AvgIpc) is 2.65. The van der Waals surface area contributed by atoms with Gasteiger partial charge in [0.2, 0.25) is 11.8 Å². The maximum atomic E-state index is 12.1. The van der Waals surface area contributed by atoms with Crippen LogP contribution in [-0.4, -0.2) is 50.0 Å². The third-order valence-electron chi connectivity index (χ3n) is 3.70. The second-order valence-electron chi connectivity index (χ2n) is 5.73. The summed E-state index contributed by atoms with van der Waals surface area (Å²) in [5, 5.41) is 11.7. The van der Waals surface area contributed by atoms with Crippen molar-refractivity contribution >= 4 is 29.5 Å². The number of allylic oxidation sites excluding steroid dienone is 1. The Morgan fingerprint density at radius 2 is 2.10 bits per heavy atom.